The highest BCUT2D eigenvalue weighted by Crippen LogP contribution is 2.29. The lowest BCUT2D eigenvalue weighted by Crippen LogP contribution is -2.29. The fourth-order valence-corrected chi connectivity index (χ4v) is 4.05. The second kappa shape index (κ2) is 8.21. The van der Waals surface area contributed by atoms with Gasteiger partial charge in [0.1, 0.15) is 5.76 Å². The van der Waals surface area contributed by atoms with Crippen molar-refractivity contribution in [1.29, 1.82) is 0 Å². The Kier molecular flexibility index (Phi) is 5.49. The molecule has 1 unspecified atom stereocenters. The maximum Gasteiger partial charge on any atom is 0.257 e. The third kappa shape index (κ3) is 3.70. The predicted octanol–water partition coefficient (Wildman–Crippen LogP) is 4.27. The fourth-order valence-electron chi connectivity index (χ4n) is 4.05. The molecule has 2 aromatic carbocycles. The number of ether oxygens (including phenoxy) is 1. The van der Waals surface area contributed by atoms with Gasteiger partial charge in [0.2, 0.25) is 0 Å². The highest BCUT2D eigenvalue weighted by Gasteiger charge is 2.28. The molecule has 5 nitrogen and oxygen atoms in total. The lowest BCUT2D eigenvalue weighted by atomic mass is 10.0. The van der Waals surface area contributed by atoms with Crippen LogP contribution in [0.3, 0.4) is 0 Å². The Bertz CT molecular complexity index is 1090. The number of carbonyl (C=O) groups excluding carboxylic acids is 1. The van der Waals surface area contributed by atoms with Crippen molar-refractivity contribution in [2.75, 3.05) is 26.8 Å². The maximum absolute atomic E-state index is 13.3. The Morgan fingerprint density at radius 3 is 2.72 bits per heavy atom. The van der Waals surface area contributed by atoms with E-state index in [4.69, 9.17) is 9.15 Å². The van der Waals surface area contributed by atoms with Gasteiger partial charge >= 0.3 is 0 Å². The lowest BCUT2D eigenvalue weighted by molar-refractivity contribution is 0.0784. The molecule has 1 atom stereocenters. The van der Waals surface area contributed by atoms with Crippen molar-refractivity contribution in [2.24, 2.45) is 5.92 Å². The van der Waals surface area contributed by atoms with E-state index in [9.17, 15) is 9.59 Å². The van der Waals surface area contributed by atoms with Gasteiger partial charge in [0.05, 0.1) is 10.9 Å². The smallest absolute Gasteiger partial charge is 0.257 e. The number of rotatable bonds is 5. The Hall–Kier alpha value is -2.92. The summed E-state index contributed by atoms with van der Waals surface area (Å²) in [5, 5.41) is 0.447. The standard InChI is InChI=1S/C24H25NO4/c1-16-21(26)19-9-6-10-20(23(19)29-22(16)18-7-4-3-5-8-18)24(27)25-13-11-17(15-25)12-14-28-2/h3-10,17H,11-15H2,1-2H3. The summed E-state index contributed by atoms with van der Waals surface area (Å²) in [5.41, 5.74) is 2.09. The molecule has 0 N–H and O–H groups in total. The van der Waals surface area contributed by atoms with Crippen molar-refractivity contribution in [3.05, 3.63) is 69.9 Å². The minimum atomic E-state index is -0.0980. The first-order valence-electron chi connectivity index (χ1n) is 10.00. The van der Waals surface area contributed by atoms with Gasteiger partial charge in [-0.1, -0.05) is 36.4 Å². The van der Waals surface area contributed by atoms with E-state index in [0.29, 0.717) is 53.5 Å². The topological polar surface area (TPSA) is 59.8 Å². The molecule has 5 heteroatoms. The van der Waals surface area contributed by atoms with Crippen molar-refractivity contribution >= 4 is 16.9 Å². The number of para-hydroxylation sites is 1. The van der Waals surface area contributed by atoms with E-state index in [0.717, 1.165) is 18.4 Å². The molecule has 0 radical (unpaired) electrons. The van der Waals surface area contributed by atoms with Crippen LogP contribution in [-0.2, 0) is 4.74 Å². The molecule has 2 heterocycles. The van der Waals surface area contributed by atoms with Crippen LogP contribution in [0.15, 0.2) is 57.7 Å². The Labute approximate surface area is 169 Å². The maximum atomic E-state index is 13.3. The molecule has 4 rings (SSSR count). The van der Waals surface area contributed by atoms with Crippen LogP contribution in [0.4, 0.5) is 0 Å². The van der Waals surface area contributed by atoms with Gasteiger partial charge in [-0.3, -0.25) is 9.59 Å². The Balaban J connectivity index is 1.75. The lowest BCUT2D eigenvalue weighted by Gasteiger charge is -2.18. The summed E-state index contributed by atoms with van der Waals surface area (Å²) >= 11 is 0. The van der Waals surface area contributed by atoms with Gasteiger partial charge in [-0.15, -0.1) is 0 Å². The van der Waals surface area contributed by atoms with E-state index >= 15 is 0 Å². The third-order valence-electron chi connectivity index (χ3n) is 5.71. The molecule has 0 spiro atoms. The zero-order valence-electron chi connectivity index (χ0n) is 16.8. The van der Waals surface area contributed by atoms with Crippen LogP contribution in [-0.4, -0.2) is 37.6 Å². The Morgan fingerprint density at radius 1 is 1.17 bits per heavy atom. The van der Waals surface area contributed by atoms with Gasteiger partial charge in [0, 0.05) is 37.9 Å². The monoisotopic (exact) mass is 391 g/mol. The van der Waals surface area contributed by atoms with E-state index in [1.807, 2.05) is 35.2 Å². The van der Waals surface area contributed by atoms with Gasteiger partial charge < -0.3 is 14.1 Å². The van der Waals surface area contributed by atoms with Gasteiger partial charge in [0.15, 0.2) is 11.0 Å². The molecular weight excluding hydrogens is 366 g/mol. The summed E-state index contributed by atoms with van der Waals surface area (Å²) in [5.74, 6) is 0.882. The van der Waals surface area contributed by atoms with Crippen LogP contribution < -0.4 is 5.43 Å². The molecule has 150 valence electrons. The van der Waals surface area contributed by atoms with Crippen LogP contribution in [0.25, 0.3) is 22.3 Å². The van der Waals surface area contributed by atoms with Crippen LogP contribution in [0, 0.1) is 12.8 Å². The van der Waals surface area contributed by atoms with Crippen molar-refractivity contribution in [3.63, 3.8) is 0 Å². The number of nitrogens with zero attached hydrogens (tertiary/aromatic N) is 1. The first-order chi connectivity index (χ1) is 14.1. The molecular formula is C24H25NO4. The number of methoxy groups -OCH3 is 1. The van der Waals surface area contributed by atoms with E-state index in [1.54, 1.807) is 32.2 Å². The summed E-state index contributed by atoms with van der Waals surface area (Å²) in [7, 11) is 1.70. The molecule has 1 aliphatic rings. The first-order valence-corrected chi connectivity index (χ1v) is 10.00. The number of fused-ring (bicyclic) bond motifs is 1. The summed E-state index contributed by atoms with van der Waals surface area (Å²) in [6, 6.07) is 14.8. The molecule has 0 aliphatic carbocycles. The summed E-state index contributed by atoms with van der Waals surface area (Å²) in [6.07, 6.45) is 1.92. The molecule has 1 amide bonds. The second-order valence-corrected chi connectivity index (χ2v) is 7.62. The highest BCUT2D eigenvalue weighted by molar-refractivity contribution is 6.05. The molecule has 1 saturated heterocycles. The summed E-state index contributed by atoms with van der Waals surface area (Å²) in [4.78, 5) is 28.1. The minimum Gasteiger partial charge on any atom is -0.455 e. The van der Waals surface area contributed by atoms with Crippen LogP contribution in [0.5, 0.6) is 0 Å². The summed E-state index contributed by atoms with van der Waals surface area (Å²) in [6.45, 7) is 3.89. The van der Waals surface area contributed by atoms with Crippen LogP contribution in [0.1, 0.15) is 28.8 Å². The molecule has 3 aromatic rings. The molecule has 1 fully saturated rings. The van der Waals surface area contributed by atoms with Gasteiger partial charge in [-0.2, -0.15) is 0 Å². The van der Waals surface area contributed by atoms with Crippen molar-refractivity contribution in [1.82, 2.24) is 4.90 Å². The predicted molar refractivity (Wildman–Crippen MR) is 113 cm³/mol. The zero-order valence-corrected chi connectivity index (χ0v) is 16.8. The van der Waals surface area contributed by atoms with Gasteiger partial charge in [-0.05, 0) is 37.8 Å². The van der Waals surface area contributed by atoms with Gasteiger partial charge in [-0.25, -0.2) is 0 Å². The van der Waals surface area contributed by atoms with Crippen molar-refractivity contribution in [2.45, 2.75) is 19.8 Å². The highest BCUT2D eigenvalue weighted by atomic mass is 16.5. The number of amides is 1. The number of likely N-dealkylation sites (tertiary alicyclic amines) is 1. The number of hydrogen-bond donors (Lipinski definition) is 0. The van der Waals surface area contributed by atoms with E-state index in [2.05, 4.69) is 0 Å². The third-order valence-corrected chi connectivity index (χ3v) is 5.71. The molecule has 1 aromatic heterocycles. The molecule has 0 bridgehead atoms. The Morgan fingerprint density at radius 2 is 1.97 bits per heavy atom. The quantitative estimate of drug-likeness (QED) is 0.652. The molecule has 29 heavy (non-hydrogen) atoms. The molecule has 0 saturated carbocycles. The summed E-state index contributed by atoms with van der Waals surface area (Å²) < 4.78 is 11.4. The normalized spacial score (nSPS) is 16.5. The molecule has 1 aliphatic heterocycles. The van der Waals surface area contributed by atoms with E-state index < -0.39 is 0 Å². The SMILES string of the molecule is COCCC1CCN(C(=O)c2cccc3c(=O)c(C)c(-c4ccccc4)oc23)C1. The first kappa shape index (κ1) is 19.4. The van der Waals surface area contributed by atoms with E-state index in [-0.39, 0.29) is 11.3 Å². The van der Waals surface area contributed by atoms with E-state index in [1.165, 1.54) is 0 Å². The largest absolute Gasteiger partial charge is 0.455 e. The minimum absolute atomic E-state index is 0.0819. The van der Waals surface area contributed by atoms with Gasteiger partial charge in [0.25, 0.3) is 5.91 Å². The number of hydrogen-bond acceptors (Lipinski definition) is 4. The average molecular weight is 391 g/mol. The van der Waals surface area contributed by atoms with Crippen LogP contribution in [0.2, 0.25) is 0 Å². The average Bonchev–Trinajstić information content (AvgIpc) is 3.23. The second-order valence-electron chi connectivity index (χ2n) is 7.62. The van der Waals surface area contributed by atoms with Crippen molar-refractivity contribution in [3.8, 4) is 11.3 Å². The number of benzene rings is 2. The van der Waals surface area contributed by atoms with Crippen LogP contribution >= 0.6 is 0 Å². The zero-order chi connectivity index (χ0) is 20.4. The number of carbonyl (C=O) groups is 1. The fraction of sp³-hybridized carbons (Fsp3) is 0.333. The van der Waals surface area contributed by atoms with Crippen molar-refractivity contribution < 1.29 is 13.9 Å².